The number of carbonyl (C=O) groups excluding carboxylic acids is 2. The average Bonchev–Trinajstić information content (AvgIpc) is 2.91. The van der Waals surface area contributed by atoms with Gasteiger partial charge in [-0.2, -0.15) is 0 Å². The van der Waals surface area contributed by atoms with Crippen LogP contribution < -0.4 is 0 Å². The van der Waals surface area contributed by atoms with E-state index in [1.165, 1.54) is 36.5 Å². The minimum absolute atomic E-state index is 0.0509. The van der Waals surface area contributed by atoms with Crippen LogP contribution in [-0.2, 0) is 19.2 Å². The summed E-state index contributed by atoms with van der Waals surface area (Å²) < 4.78 is 0. The lowest BCUT2D eigenvalue weighted by Crippen LogP contribution is -2.32. The molecule has 0 aromatic heterocycles. The van der Waals surface area contributed by atoms with E-state index in [2.05, 4.69) is 0 Å². The number of aliphatic carboxylic acids is 2. The first kappa shape index (κ1) is 39.1. The predicted octanol–water partition coefficient (Wildman–Crippen LogP) is -2.42. The molecule has 0 bridgehead atoms. The Morgan fingerprint density at radius 3 is 0.925 bits per heavy atom. The highest BCUT2D eigenvalue weighted by atomic mass is 16.4. The molecule has 2 aliphatic carbocycles. The van der Waals surface area contributed by atoms with Crippen LogP contribution in [0.4, 0.5) is 0 Å². The van der Waals surface area contributed by atoms with Crippen LogP contribution in [0.1, 0.15) is 12.8 Å². The van der Waals surface area contributed by atoms with Crippen molar-refractivity contribution in [2.45, 2.75) is 12.8 Å². The molecule has 228 valence electrons. The summed E-state index contributed by atoms with van der Waals surface area (Å²) in [4.78, 5) is 45.1. The molecular weight excluding hydrogens is 532 g/mol. The van der Waals surface area contributed by atoms with E-state index in [1.807, 2.05) is 0 Å². The Bertz CT molecular complexity index is 769. The number of aliphatic hydroxyl groups excluding tert-OH is 6. The van der Waals surface area contributed by atoms with Gasteiger partial charge in [-0.15, -0.1) is 0 Å². The summed E-state index contributed by atoms with van der Waals surface area (Å²) in [5.74, 6) is -2.07. The highest BCUT2D eigenvalue weighted by Crippen LogP contribution is 2.07. The summed E-state index contributed by atoms with van der Waals surface area (Å²) in [6.45, 7) is 3.51. The molecule has 0 aromatic rings. The molecule has 2 aliphatic rings. The molecule has 8 N–H and O–H groups in total. The first-order valence-corrected chi connectivity index (χ1v) is 12.5. The second-order valence-electron chi connectivity index (χ2n) is 7.96. The lowest BCUT2D eigenvalue weighted by Gasteiger charge is -2.17. The van der Waals surface area contributed by atoms with Crippen LogP contribution in [0.2, 0.25) is 0 Å². The third kappa shape index (κ3) is 21.8. The van der Waals surface area contributed by atoms with Gasteiger partial charge in [-0.05, 0) is 24.3 Å². The lowest BCUT2D eigenvalue weighted by atomic mass is 10.1. The van der Waals surface area contributed by atoms with E-state index >= 15 is 0 Å². The predicted molar refractivity (Wildman–Crippen MR) is 144 cm³/mol. The van der Waals surface area contributed by atoms with Crippen LogP contribution >= 0.6 is 0 Å². The van der Waals surface area contributed by atoms with E-state index in [9.17, 15) is 19.2 Å². The number of ketones is 2. The zero-order valence-corrected chi connectivity index (χ0v) is 22.5. The maximum absolute atomic E-state index is 10.5. The van der Waals surface area contributed by atoms with Crippen LogP contribution in [0.25, 0.3) is 0 Å². The Hall–Kier alpha value is -3.08. The molecule has 0 radical (unpaired) electrons. The molecule has 0 aromatic carbocycles. The molecule has 14 nitrogen and oxygen atoms in total. The third-order valence-electron chi connectivity index (χ3n) is 4.94. The third-order valence-corrected chi connectivity index (χ3v) is 4.94. The van der Waals surface area contributed by atoms with Crippen LogP contribution in [0, 0.1) is 0 Å². The monoisotopic (exact) mass is 574 g/mol. The van der Waals surface area contributed by atoms with Crippen molar-refractivity contribution in [3.63, 3.8) is 0 Å². The van der Waals surface area contributed by atoms with Crippen molar-refractivity contribution in [3.05, 3.63) is 47.6 Å². The Labute approximate surface area is 233 Å². The fraction of sp³-hybridized carbons (Fsp3) is 0.538. The molecular formula is C26H42N2O12. The van der Waals surface area contributed by atoms with Gasteiger partial charge in [-0.1, -0.05) is 12.2 Å². The highest BCUT2D eigenvalue weighted by molar-refractivity contribution is 6.00. The number of carboxylic acid groups (broad SMARTS) is 2. The number of rotatable bonds is 14. The van der Waals surface area contributed by atoms with Crippen LogP contribution in [0.3, 0.4) is 0 Å². The number of carboxylic acids is 2. The molecule has 0 heterocycles. The SMILES string of the molecule is O=C1C=CC(C(=O)O)=CC1.O=C1C=CC(C(=O)O)=CC1.OCCN(CCO)CCO.OCCN(CCO)CCO. The smallest absolute Gasteiger partial charge is 0.335 e. The minimum atomic E-state index is -0.983. The van der Waals surface area contributed by atoms with E-state index in [0.717, 1.165) is 0 Å². The van der Waals surface area contributed by atoms with Crippen molar-refractivity contribution in [3.8, 4) is 0 Å². The number of hydrogen-bond acceptors (Lipinski definition) is 12. The van der Waals surface area contributed by atoms with Crippen molar-refractivity contribution >= 4 is 23.5 Å². The quantitative estimate of drug-likeness (QED) is 0.108. The average molecular weight is 575 g/mol. The van der Waals surface area contributed by atoms with E-state index in [4.69, 9.17) is 40.9 Å². The number of aliphatic hydroxyl groups is 6. The van der Waals surface area contributed by atoms with Crippen molar-refractivity contribution in [2.75, 3.05) is 78.9 Å². The molecule has 0 unspecified atom stereocenters. The van der Waals surface area contributed by atoms with Gasteiger partial charge in [0.05, 0.1) is 50.8 Å². The Kier molecular flexibility index (Phi) is 25.5. The topological polar surface area (TPSA) is 237 Å². The first-order valence-electron chi connectivity index (χ1n) is 12.5. The van der Waals surface area contributed by atoms with Crippen molar-refractivity contribution < 1.29 is 60.0 Å². The number of hydrogen-bond donors (Lipinski definition) is 8. The van der Waals surface area contributed by atoms with Gasteiger partial charge in [-0.3, -0.25) is 19.4 Å². The number of allylic oxidation sites excluding steroid dienone is 4. The molecule has 0 fully saturated rings. The molecule has 40 heavy (non-hydrogen) atoms. The van der Waals surface area contributed by atoms with Gasteiger partial charge >= 0.3 is 11.9 Å². The van der Waals surface area contributed by atoms with Crippen molar-refractivity contribution in [1.29, 1.82) is 0 Å². The lowest BCUT2D eigenvalue weighted by molar-refractivity contribution is -0.133. The van der Waals surface area contributed by atoms with Crippen molar-refractivity contribution in [2.24, 2.45) is 0 Å². The summed E-state index contributed by atoms with van der Waals surface area (Å²) >= 11 is 0. The van der Waals surface area contributed by atoms with E-state index in [1.54, 1.807) is 9.80 Å². The fourth-order valence-electron chi connectivity index (χ4n) is 2.90. The van der Waals surface area contributed by atoms with E-state index < -0.39 is 11.9 Å². The molecule has 0 aliphatic heterocycles. The maximum atomic E-state index is 10.5. The molecule has 2 rings (SSSR count). The van der Waals surface area contributed by atoms with Gasteiger partial charge in [0.15, 0.2) is 11.6 Å². The highest BCUT2D eigenvalue weighted by Gasteiger charge is 2.09. The zero-order chi connectivity index (χ0) is 30.8. The van der Waals surface area contributed by atoms with Gasteiger partial charge in [-0.25, -0.2) is 9.59 Å². The van der Waals surface area contributed by atoms with E-state index in [0.29, 0.717) is 39.3 Å². The summed E-state index contributed by atoms with van der Waals surface area (Å²) in [7, 11) is 0. The molecule has 0 amide bonds. The van der Waals surface area contributed by atoms with Gasteiger partial charge in [0, 0.05) is 52.1 Å². The fourth-order valence-corrected chi connectivity index (χ4v) is 2.90. The van der Waals surface area contributed by atoms with Crippen LogP contribution in [0.5, 0.6) is 0 Å². The van der Waals surface area contributed by atoms with E-state index in [-0.39, 0.29) is 75.2 Å². The zero-order valence-electron chi connectivity index (χ0n) is 22.5. The molecule has 0 atom stereocenters. The van der Waals surface area contributed by atoms with Crippen LogP contribution in [-0.4, -0.2) is 153 Å². The normalized spacial score (nSPS) is 13.8. The molecule has 0 spiro atoms. The van der Waals surface area contributed by atoms with Gasteiger partial charge < -0.3 is 40.9 Å². The summed E-state index contributed by atoms with van der Waals surface area (Å²) in [6, 6.07) is 0. The maximum Gasteiger partial charge on any atom is 0.335 e. The first-order chi connectivity index (χ1) is 19.1. The Balaban J connectivity index is 0. The minimum Gasteiger partial charge on any atom is -0.478 e. The summed E-state index contributed by atoms with van der Waals surface area (Å²) in [5.41, 5.74) is 0.388. The van der Waals surface area contributed by atoms with Gasteiger partial charge in [0.2, 0.25) is 0 Å². The van der Waals surface area contributed by atoms with Crippen LogP contribution in [0.15, 0.2) is 47.6 Å². The summed E-state index contributed by atoms with van der Waals surface area (Å²) in [6.07, 6.45) is 8.42. The molecule has 0 saturated heterocycles. The Morgan fingerprint density at radius 1 is 0.525 bits per heavy atom. The number of nitrogens with zero attached hydrogens (tertiary/aromatic N) is 2. The molecule has 0 saturated carbocycles. The van der Waals surface area contributed by atoms with Gasteiger partial charge in [0.1, 0.15) is 0 Å². The van der Waals surface area contributed by atoms with Crippen molar-refractivity contribution in [1.82, 2.24) is 9.80 Å². The summed E-state index contributed by atoms with van der Waals surface area (Å²) in [5, 5.41) is 67.7. The second kappa shape index (κ2) is 26.2. The Morgan fingerprint density at radius 2 is 0.775 bits per heavy atom. The molecule has 14 heteroatoms. The largest absolute Gasteiger partial charge is 0.478 e. The standard InChI is InChI=1S/2C7H6O3.2C6H15NO3/c2*8-6-3-1-5(2-4-6)7(9)10;2*8-4-1-7(2-5-9)3-6-10/h2*1-3H,4H2,(H,9,10);2*8-10H,1-6H2. The number of carbonyl (C=O) groups is 4. The van der Waals surface area contributed by atoms with Gasteiger partial charge in [0.25, 0.3) is 0 Å². The second-order valence-corrected chi connectivity index (χ2v) is 7.96.